The molecule has 9 rings (SSSR count). The summed E-state index contributed by atoms with van der Waals surface area (Å²) in [4.78, 5) is 11.0. The minimum absolute atomic E-state index is 0.755. The Hall–Kier alpha value is -4.58. The lowest BCUT2D eigenvalue weighted by Crippen LogP contribution is -2.51. The van der Waals surface area contributed by atoms with Crippen LogP contribution < -0.4 is 10.5 Å². The number of rotatable bonds is 2. The summed E-state index contributed by atoms with van der Waals surface area (Å²) >= 11 is 1.85. The van der Waals surface area contributed by atoms with Crippen LogP contribution in [0.25, 0.3) is 70.3 Å². The molecule has 194 valence electrons. The van der Waals surface area contributed by atoms with E-state index in [9.17, 15) is 0 Å². The molecule has 0 radical (unpaired) electrons. The summed E-state index contributed by atoms with van der Waals surface area (Å²) in [6.07, 6.45) is 0. The van der Waals surface area contributed by atoms with Crippen LogP contribution in [0.3, 0.4) is 0 Å². The Bertz CT molecular complexity index is 2350. The predicted molar refractivity (Wildman–Crippen MR) is 177 cm³/mol. The summed E-state index contributed by atoms with van der Waals surface area (Å²) < 4.78 is 4.93. The third-order valence-corrected chi connectivity index (χ3v) is 13.2. The molecule has 0 spiro atoms. The maximum Gasteiger partial charge on any atom is 0.235 e. The lowest BCUT2D eigenvalue weighted by atomic mass is 10.0. The molecule has 0 N–H and O–H groups in total. The van der Waals surface area contributed by atoms with Crippen LogP contribution in [0.4, 0.5) is 0 Å². The molecule has 8 aromatic rings. The smallest absolute Gasteiger partial charge is 0.235 e. The number of benzene rings is 5. The highest BCUT2D eigenvalue weighted by Gasteiger charge is 2.41. The van der Waals surface area contributed by atoms with E-state index in [0.717, 1.165) is 22.7 Å². The highest BCUT2D eigenvalue weighted by atomic mass is 32.1. The largest absolute Gasteiger partial charge is 0.277 e. The average molecular weight is 560 g/mol. The quantitative estimate of drug-likeness (QED) is 0.199. The van der Waals surface area contributed by atoms with E-state index in [4.69, 9.17) is 9.97 Å². The van der Waals surface area contributed by atoms with E-state index in [2.05, 4.69) is 133 Å². The van der Waals surface area contributed by atoms with Gasteiger partial charge in [-0.25, -0.2) is 9.97 Å². The minimum Gasteiger partial charge on any atom is -0.277 e. The van der Waals surface area contributed by atoms with Gasteiger partial charge < -0.3 is 0 Å². The van der Waals surface area contributed by atoms with E-state index in [0.29, 0.717) is 0 Å². The standard InChI is InChI=1S/C36H25N3SSi/c1-41(2)30-19-11-8-16-26(30)32-33(22-12-4-3-5-13-22)37-36(38-35(32)41)39-27-17-9-6-14-23(27)24-20-21-29-31(34(24)39)25-15-7-10-18-28(25)40-29/h3-21H,1-2H3. The second-order valence-corrected chi connectivity index (χ2v) is 16.8. The Kier molecular flexibility index (Phi) is 4.65. The first kappa shape index (κ1) is 23.2. The minimum atomic E-state index is -2.07. The molecule has 0 atom stereocenters. The molecular formula is C36H25N3SSi. The summed E-state index contributed by atoms with van der Waals surface area (Å²) in [5, 5.41) is 7.69. The molecule has 0 bridgehead atoms. The fourth-order valence-electron chi connectivity index (χ4n) is 6.91. The number of fused-ring (bicyclic) bond motifs is 10. The van der Waals surface area contributed by atoms with Gasteiger partial charge in [-0.1, -0.05) is 110 Å². The van der Waals surface area contributed by atoms with Crippen molar-refractivity contribution in [1.29, 1.82) is 0 Å². The van der Waals surface area contributed by atoms with Gasteiger partial charge in [0.2, 0.25) is 5.95 Å². The Morgan fingerprint density at radius 1 is 0.634 bits per heavy atom. The molecule has 0 aliphatic carbocycles. The molecule has 4 heterocycles. The van der Waals surface area contributed by atoms with E-state index in [1.54, 1.807) is 0 Å². The van der Waals surface area contributed by atoms with Gasteiger partial charge in [0.25, 0.3) is 0 Å². The SMILES string of the molecule is C[Si]1(C)c2ccccc2-c2c(-c3ccccc3)nc(-n3c4ccccc4c4ccc5sc6ccccc6c5c43)nc21. The fourth-order valence-corrected chi connectivity index (χ4v) is 10.9. The number of thiophene rings is 1. The van der Waals surface area contributed by atoms with E-state index >= 15 is 0 Å². The highest BCUT2D eigenvalue weighted by molar-refractivity contribution is 7.26. The topological polar surface area (TPSA) is 30.7 Å². The van der Waals surface area contributed by atoms with Gasteiger partial charge >= 0.3 is 0 Å². The van der Waals surface area contributed by atoms with Crippen molar-refractivity contribution < 1.29 is 0 Å². The van der Waals surface area contributed by atoms with Crippen molar-refractivity contribution in [3.63, 3.8) is 0 Å². The van der Waals surface area contributed by atoms with Crippen LogP contribution in [0.15, 0.2) is 115 Å². The second kappa shape index (κ2) is 8.23. The number of hydrogen-bond donors (Lipinski definition) is 0. The molecule has 1 aliphatic rings. The number of aromatic nitrogens is 3. The Labute approximate surface area is 242 Å². The summed E-state index contributed by atoms with van der Waals surface area (Å²) in [5.41, 5.74) is 6.97. The first-order valence-corrected chi connectivity index (χ1v) is 17.8. The monoisotopic (exact) mass is 559 g/mol. The zero-order valence-electron chi connectivity index (χ0n) is 22.7. The number of hydrogen-bond acceptors (Lipinski definition) is 3. The van der Waals surface area contributed by atoms with Gasteiger partial charge in [-0.15, -0.1) is 11.3 Å². The molecule has 0 saturated heterocycles. The molecule has 0 fully saturated rings. The lowest BCUT2D eigenvalue weighted by molar-refractivity contribution is 1.01. The van der Waals surface area contributed by atoms with Crippen molar-refractivity contribution in [3.05, 3.63) is 115 Å². The third kappa shape index (κ3) is 3.07. The maximum absolute atomic E-state index is 5.54. The van der Waals surface area contributed by atoms with Crippen LogP contribution in [0, 0.1) is 0 Å². The molecular weight excluding hydrogens is 535 g/mol. The van der Waals surface area contributed by atoms with Crippen molar-refractivity contribution in [2.45, 2.75) is 13.1 Å². The fraction of sp³-hybridized carbons (Fsp3) is 0.0556. The number of nitrogens with zero attached hydrogens (tertiary/aromatic N) is 3. The maximum atomic E-state index is 5.54. The van der Waals surface area contributed by atoms with Gasteiger partial charge in [0.15, 0.2) is 0 Å². The molecule has 41 heavy (non-hydrogen) atoms. The van der Waals surface area contributed by atoms with Gasteiger partial charge in [0.05, 0.1) is 16.7 Å². The van der Waals surface area contributed by atoms with Crippen molar-refractivity contribution in [1.82, 2.24) is 14.5 Å². The van der Waals surface area contributed by atoms with E-state index in [1.807, 2.05) is 11.3 Å². The van der Waals surface area contributed by atoms with Crippen molar-refractivity contribution in [2.75, 3.05) is 0 Å². The van der Waals surface area contributed by atoms with Gasteiger partial charge in [0, 0.05) is 47.4 Å². The normalized spacial score (nSPS) is 13.8. The summed E-state index contributed by atoms with van der Waals surface area (Å²) in [7, 11) is -2.07. The van der Waals surface area contributed by atoms with E-state index in [1.165, 1.54) is 58.1 Å². The molecule has 0 unspecified atom stereocenters. The van der Waals surface area contributed by atoms with Gasteiger partial charge in [0.1, 0.15) is 8.07 Å². The van der Waals surface area contributed by atoms with Crippen LogP contribution >= 0.6 is 11.3 Å². The Balaban J connectivity index is 1.48. The van der Waals surface area contributed by atoms with Gasteiger partial charge in [-0.3, -0.25) is 4.57 Å². The highest BCUT2D eigenvalue weighted by Crippen LogP contribution is 2.43. The molecule has 5 aromatic carbocycles. The molecule has 0 saturated carbocycles. The van der Waals surface area contributed by atoms with E-state index in [-0.39, 0.29) is 0 Å². The van der Waals surface area contributed by atoms with Crippen molar-refractivity contribution >= 4 is 71.9 Å². The van der Waals surface area contributed by atoms with Gasteiger partial charge in [-0.2, -0.15) is 0 Å². The summed E-state index contributed by atoms with van der Waals surface area (Å²) in [5.74, 6) is 0.755. The van der Waals surface area contributed by atoms with Crippen LogP contribution in [0.1, 0.15) is 0 Å². The Morgan fingerprint density at radius 2 is 1.37 bits per heavy atom. The summed E-state index contributed by atoms with van der Waals surface area (Å²) in [6.45, 7) is 4.86. The number of para-hydroxylation sites is 1. The Morgan fingerprint density at radius 3 is 2.24 bits per heavy atom. The average Bonchev–Trinajstić information content (AvgIpc) is 3.63. The zero-order chi connectivity index (χ0) is 27.3. The molecule has 5 heteroatoms. The first-order chi connectivity index (χ1) is 20.1. The van der Waals surface area contributed by atoms with Gasteiger partial charge in [-0.05, 0) is 28.9 Å². The predicted octanol–water partition coefficient (Wildman–Crippen LogP) is 8.41. The van der Waals surface area contributed by atoms with Crippen LogP contribution in [-0.4, -0.2) is 22.6 Å². The lowest BCUT2D eigenvalue weighted by Gasteiger charge is -2.19. The zero-order valence-corrected chi connectivity index (χ0v) is 24.5. The first-order valence-electron chi connectivity index (χ1n) is 14.0. The molecule has 3 nitrogen and oxygen atoms in total. The summed E-state index contributed by atoms with van der Waals surface area (Å²) in [6, 6.07) is 41.5. The van der Waals surface area contributed by atoms with Crippen LogP contribution in [0.5, 0.6) is 0 Å². The molecule has 3 aromatic heterocycles. The molecule has 0 amide bonds. The second-order valence-electron chi connectivity index (χ2n) is 11.4. The molecule has 1 aliphatic heterocycles. The van der Waals surface area contributed by atoms with Crippen molar-refractivity contribution in [3.8, 4) is 28.3 Å². The van der Waals surface area contributed by atoms with Crippen LogP contribution in [-0.2, 0) is 0 Å². The van der Waals surface area contributed by atoms with E-state index < -0.39 is 8.07 Å². The third-order valence-electron chi connectivity index (χ3n) is 8.78. The van der Waals surface area contributed by atoms with Crippen LogP contribution in [0.2, 0.25) is 13.1 Å². The van der Waals surface area contributed by atoms with Crippen molar-refractivity contribution in [2.24, 2.45) is 0 Å².